The van der Waals surface area contributed by atoms with Gasteiger partial charge in [-0.1, -0.05) is 30.3 Å². The molecule has 0 atom stereocenters. The van der Waals surface area contributed by atoms with Crippen molar-refractivity contribution in [2.45, 2.75) is 26.9 Å². The van der Waals surface area contributed by atoms with Crippen LogP contribution in [0.15, 0.2) is 46.9 Å². The Morgan fingerprint density at radius 1 is 1.14 bits per heavy atom. The van der Waals surface area contributed by atoms with Gasteiger partial charge in [0.05, 0.1) is 22.4 Å². The summed E-state index contributed by atoms with van der Waals surface area (Å²) in [5.41, 5.74) is 3.34. The van der Waals surface area contributed by atoms with Crippen molar-refractivity contribution in [2.75, 3.05) is 5.32 Å². The molecule has 0 fully saturated rings. The van der Waals surface area contributed by atoms with Crippen LogP contribution in [0.25, 0.3) is 10.8 Å². The highest BCUT2D eigenvalue weighted by Gasteiger charge is 2.11. The Hall–Kier alpha value is -1.81. The number of nitrogens with one attached hydrogen (secondary N) is 1. The van der Waals surface area contributed by atoms with E-state index in [9.17, 15) is 0 Å². The molecule has 4 heteroatoms. The van der Waals surface area contributed by atoms with Gasteiger partial charge in [0.25, 0.3) is 0 Å². The number of rotatable bonds is 4. The van der Waals surface area contributed by atoms with Gasteiger partial charge in [-0.25, -0.2) is 0 Å². The van der Waals surface area contributed by atoms with Crippen molar-refractivity contribution in [1.29, 1.82) is 0 Å². The summed E-state index contributed by atoms with van der Waals surface area (Å²) in [5.74, 6) is 0. The molecule has 0 spiro atoms. The predicted molar refractivity (Wildman–Crippen MR) is 91.6 cm³/mol. The van der Waals surface area contributed by atoms with Gasteiger partial charge in [-0.2, -0.15) is 5.10 Å². The van der Waals surface area contributed by atoms with E-state index in [0.717, 1.165) is 28.9 Å². The van der Waals surface area contributed by atoms with Crippen molar-refractivity contribution in [3.05, 3.63) is 58.3 Å². The molecular formula is C17H18BrN3. The minimum Gasteiger partial charge on any atom is -0.379 e. The van der Waals surface area contributed by atoms with Crippen molar-refractivity contribution < 1.29 is 0 Å². The molecule has 0 amide bonds. The molecule has 1 heterocycles. The van der Waals surface area contributed by atoms with E-state index in [1.54, 1.807) is 0 Å². The van der Waals surface area contributed by atoms with Gasteiger partial charge in [0.15, 0.2) is 0 Å². The van der Waals surface area contributed by atoms with Gasteiger partial charge < -0.3 is 5.32 Å². The van der Waals surface area contributed by atoms with Crippen LogP contribution in [0.1, 0.15) is 18.3 Å². The second-order valence-electron chi connectivity index (χ2n) is 5.08. The van der Waals surface area contributed by atoms with Crippen LogP contribution < -0.4 is 5.32 Å². The Morgan fingerprint density at radius 2 is 1.90 bits per heavy atom. The Balaban J connectivity index is 1.83. The first kappa shape index (κ1) is 14.1. The van der Waals surface area contributed by atoms with Crippen LogP contribution in [0.5, 0.6) is 0 Å². The van der Waals surface area contributed by atoms with Crippen LogP contribution in [-0.4, -0.2) is 9.78 Å². The minimum atomic E-state index is 0.758. The summed E-state index contributed by atoms with van der Waals surface area (Å²) in [6.07, 6.45) is 0. The first-order chi connectivity index (χ1) is 10.2. The Labute approximate surface area is 133 Å². The maximum atomic E-state index is 4.52. The van der Waals surface area contributed by atoms with Gasteiger partial charge in [-0.15, -0.1) is 0 Å². The van der Waals surface area contributed by atoms with Gasteiger partial charge >= 0.3 is 0 Å². The maximum absolute atomic E-state index is 4.52. The average Bonchev–Trinajstić information content (AvgIpc) is 2.79. The molecular weight excluding hydrogens is 326 g/mol. The third kappa shape index (κ3) is 2.81. The van der Waals surface area contributed by atoms with Gasteiger partial charge in [0.1, 0.15) is 0 Å². The number of nitrogens with zero attached hydrogens (tertiary/aromatic N) is 2. The van der Waals surface area contributed by atoms with Crippen molar-refractivity contribution in [3.8, 4) is 0 Å². The van der Waals surface area contributed by atoms with Crippen LogP contribution in [0.4, 0.5) is 5.69 Å². The molecule has 0 saturated heterocycles. The molecule has 21 heavy (non-hydrogen) atoms. The lowest BCUT2D eigenvalue weighted by molar-refractivity contribution is 0.622. The predicted octanol–water partition coefficient (Wildman–Crippen LogP) is 4.74. The summed E-state index contributed by atoms with van der Waals surface area (Å²) < 4.78 is 3.13. The molecule has 0 saturated carbocycles. The molecule has 0 aliphatic heterocycles. The van der Waals surface area contributed by atoms with Crippen molar-refractivity contribution in [3.63, 3.8) is 0 Å². The van der Waals surface area contributed by atoms with Crippen LogP contribution in [0.2, 0.25) is 0 Å². The van der Waals surface area contributed by atoms with E-state index in [2.05, 4.69) is 75.7 Å². The second-order valence-corrected chi connectivity index (χ2v) is 5.87. The van der Waals surface area contributed by atoms with E-state index >= 15 is 0 Å². The van der Waals surface area contributed by atoms with Gasteiger partial charge in [0, 0.05) is 12.2 Å². The molecule has 108 valence electrons. The van der Waals surface area contributed by atoms with E-state index < -0.39 is 0 Å². The first-order valence-corrected chi connectivity index (χ1v) is 7.93. The molecule has 0 aliphatic carbocycles. The summed E-state index contributed by atoms with van der Waals surface area (Å²) in [6.45, 7) is 5.77. The lowest BCUT2D eigenvalue weighted by atomic mass is 10.1. The van der Waals surface area contributed by atoms with E-state index in [4.69, 9.17) is 0 Å². The summed E-state index contributed by atoms with van der Waals surface area (Å²) >= 11 is 3.63. The van der Waals surface area contributed by atoms with Crippen molar-refractivity contribution >= 4 is 32.4 Å². The number of hydrogen-bond acceptors (Lipinski definition) is 2. The highest BCUT2D eigenvalue weighted by atomic mass is 79.9. The zero-order valence-corrected chi connectivity index (χ0v) is 13.8. The minimum absolute atomic E-state index is 0.758. The fourth-order valence-electron chi connectivity index (χ4n) is 2.52. The molecule has 3 rings (SSSR count). The van der Waals surface area contributed by atoms with Crippen molar-refractivity contribution in [2.24, 2.45) is 0 Å². The highest BCUT2D eigenvalue weighted by molar-refractivity contribution is 9.10. The summed E-state index contributed by atoms with van der Waals surface area (Å²) in [4.78, 5) is 0. The molecule has 3 nitrogen and oxygen atoms in total. The lowest BCUT2D eigenvalue weighted by Gasteiger charge is -2.10. The molecule has 2 aromatic carbocycles. The van der Waals surface area contributed by atoms with E-state index in [1.165, 1.54) is 16.5 Å². The smallest absolute Gasteiger partial charge is 0.0739 e. The second kappa shape index (κ2) is 5.90. The number of halogens is 1. The number of hydrogen-bond donors (Lipinski definition) is 1. The maximum Gasteiger partial charge on any atom is 0.0739 e. The average molecular weight is 344 g/mol. The standard InChI is InChI=1S/C17H18BrN3/c1-3-21-16(17(18)12(2)20-21)11-19-15-9-8-13-6-4-5-7-14(13)10-15/h4-10,19H,3,11H2,1-2H3. The van der Waals surface area contributed by atoms with Crippen LogP contribution >= 0.6 is 15.9 Å². The Bertz CT molecular complexity index is 777. The molecule has 0 radical (unpaired) electrons. The van der Waals surface area contributed by atoms with Gasteiger partial charge in [-0.05, 0) is 52.7 Å². The SMILES string of the molecule is CCn1nc(C)c(Br)c1CNc1ccc2ccccc2c1. The summed E-state index contributed by atoms with van der Waals surface area (Å²) in [6, 6.07) is 14.9. The number of aryl methyl sites for hydroxylation is 2. The Kier molecular flexibility index (Phi) is 3.97. The lowest BCUT2D eigenvalue weighted by Crippen LogP contribution is -2.08. The van der Waals surface area contributed by atoms with Crippen LogP contribution in [0.3, 0.4) is 0 Å². The molecule has 1 aromatic heterocycles. The third-order valence-corrected chi connectivity index (χ3v) is 4.69. The normalized spacial score (nSPS) is 11.0. The Morgan fingerprint density at radius 3 is 2.67 bits per heavy atom. The topological polar surface area (TPSA) is 29.9 Å². The number of benzene rings is 2. The number of anilines is 1. The number of aromatic nitrogens is 2. The van der Waals surface area contributed by atoms with Gasteiger partial charge in [0.2, 0.25) is 0 Å². The summed E-state index contributed by atoms with van der Waals surface area (Å²) in [5, 5.41) is 10.5. The van der Waals surface area contributed by atoms with Gasteiger partial charge in [-0.3, -0.25) is 4.68 Å². The molecule has 0 aliphatic rings. The fourth-order valence-corrected chi connectivity index (χ4v) is 2.95. The molecule has 0 unspecified atom stereocenters. The zero-order chi connectivity index (χ0) is 14.8. The highest BCUT2D eigenvalue weighted by Crippen LogP contribution is 2.23. The quantitative estimate of drug-likeness (QED) is 0.741. The largest absolute Gasteiger partial charge is 0.379 e. The van der Waals surface area contributed by atoms with Crippen molar-refractivity contribution in [1.82, 2.24) is 9.78 Å². The zero-order valence-electron chi connectivity index (χ0n) is 12.2. The van der Waals surface area contributed by atoms with E-state index in [1.807, 2.05) is 11.6 Å². The fraction of sp³-hybridized carbons (Fsp3) is 0.235. The molecule has 3 aromatic rings. The monoisotopic (exact) mass is 343 g/mol. The number of fused-ring (bicyclic) bond motifs is 1. The molecule has 1 N–H and O–H groups in total. The van der Waals surface area contributed by atoms with E-state index in [-0.39, 0.29) is 0 Å². The first-order valence-electron chi connectivity index (χ1n) is 7.13. The van der Waals surface area contributed by atoms with Crippen LogP contribution in [0, 0.1) is 6.92 Å². The van der Waals surface area contributed by atoms with E-state index in [0.29, 0.717) is 0 Å². The molecule has 0 bridgehead atoms. The van der Waals surface area contributed by atoms with Crippen LogP contribution in [-0.2, 0) is 13.1 Å². The third-order valence-electron chi connectivity index (χ3n) is 3.66. The summed E-state index contributed by atoms with van der Waals surface area (Å²) in [7, 11) is 0.